The molecule has 3 aromatic rings. The van der Waals surface area contributed by atoms with Crippen LogP contribution in [0.1, 0.15) is 17.3 Å². The molecule has 0 saturated carbocycles. The Labute approximate surface area is 156 Å². The summed E-state index contributed by atoms with van der Waals surface area (Å²) in [5, 5.41) is 0.825. The average molecular weight is 369 g/mol. The van der Waals surface area contributed by atoms with Crippen molar-refractivity contribution >= 4 is 40.1 Å². The van der Waals surface area contributed by atoms with E-state index in [9.17, 15) is 9.59 Å². The van der Waals surface area contributed by atoms with E-state index >= 15 is 0 Å². The lowest BCUT2D eigenvalue weighted by atomic mass is 10.1. The minimum absolute atomic E-state index is 0.196. The van der Waals surface area contributed by atoms with Gasteiger partial charge in [0.05, 0.1) is 11.1 Å². The average Bonchev–Trinajstić information content (AvgIpc) is 2.66. The van der Waals surface area contributed by atoms with Gasteiger partial charge in [0.2, 0.25) is 0 Å². The number of nitrogens with zero attached hydrogens (tertiary/aromatic N) is 2. The normalized spacial score (nSPS) is 10.5. The Balaban J connectivity index is 1.76. The minimum Gasteiger partial charge on any atom is -0.452 e. The van der Waals surface area contributed by atoms with Crippen LogP contribution in [0.3, 0.4) is 0 Å². The zero-order chi connectivity index (χ0) is 18.5. The van der Waals surface area contributed by atoms with Crippen molar-refractivity contribution in [2.24, 2.45) is 0 Å². The molecule has 0 aliphatic carbocycles. The number of hydrogen-bond donors (Lipinski definition) is 0. The second-order valence-corrected chi connectivity index (χ2v) is 5.95. The summed E-state index contributed by atoms with van der Waals surface area (Å²) in [5.74, 6) is -0.903. The van der Waals surface area contributed by atoms with Gasteiger partial charge in [0.1, 0.15) is 5.15 Å². The van der Waals surface area contributed by atoms with E-state index in [1.807, 2.05) is 43.3 Å². The molecule has 0 bridgehead atoms. The number of para-hydroxylation sites is 2. The summed E-state index contributed by atoms with van der Waals surface area (Å²) in [6.45, 7) is 1.99. The smallest absolute Gasteiger partial charge is 0.339 e. The van der Waals surface area contributed by atoms with E-state index in [0.29, 0.717) is 17.4 Å². The standard InChI is InChI=1S/C20H17ClN2O3/c1-2-23(14-8-4-3-5-9-14)19(24)13-26-20(25)16-12-18(21)22-17-11-7-6-10-15(16)17/h3-12H,2,13H2,1H3. The maximum Gasteiger partial charge on any atom is 0.339 e. The maximum absolute atomic E-state index is 12.5. The lowest BCUT2D eigenvalue weighted by Crippen LogP contribution is -2.34. The van der Waals surface area contributed by atoms with Gasteiger partial charge in [-0.2, -0.15) is 0 Å². The van der Waals surface area contributed by atoms with Gasteiger partial charge in [0, 0.05) is 17.6 Å². The molecule has 0 radical (unpaired) electrons. The lowest BCUT2D eigenvalue weighted by Gasteiger charge is -2.20. The first-order valence-corrected chi connectivity index (χ1v) is 8.55. The molecule has 1 heterocycles. The van der Waals surface area contributed by atoms with Crippen molar-refractivity contribution < 1.29 is 14.3 Å². The fraction of sp³-hybridized carbons (Fsp3) is 0.150. The van der Waals surface area contributed by atoms with Gasteiger partial charge < -0.3 is 9.64 Å². The van der Waals surface area contributed by atoms with Crippen molar-refractivity contribution in [3.05, 3.63) is 71.4 Å². The van der Waals surface area contributed by atoms with Crippen LogP contribution in [-0.2, 0) is 9.53 Å². The van der Waals surface area contributed by atoms with Gasteiger partial charge in [-0.25, -0.2) is 9.78 Å². The van der Waals surface area contributed by atoms with Crippen molar-refractivity contribution in [1.29, 1.82) is 0 Å². The third-order valence-corrected chi connectivity index (χ3v) is 4.11. The summed E-state index contributed by atoms with van der Waals surface area (Å²) in [4.78, 5) is 30.7. The predicted octanol–water partition coefficient (Wildman–Crippen LogP) is 4.10. The van der Waals surface area contributed by atoms with Crippen LogP contribution in [-0.4, -0.2) is 30.0 Å². The topological polar surface area (TPSA) is 59.5 Å². The molecule has 0 fully saturated rings. The van der Waals surface area contributed by atoms with Gasteiger partial charge in [0.25, 0.3) is 5.91 Å². The maximum atomic E-state index is 12.5. The van der Waals surface area contributed by atoms with Crippen LogP contribution in [0.15, 0.2) is 60.7 Å². The molecule has 0 aliphatic rings. The highest BCUT2D eigenvalue weighted by molar-refractivity contribution is 6.30. The number of pyridine rings is 1. The quantitative estimate of drug-likeness (QED) is 0.502. The summed E-state index contributed by atoms with van der Waals surface area (Å²) < 4.78 is 5.24. The number of amides is 1. The van der Waals surface area contributed by atoms with Crippen LogP contribution >= 0.6 is 11.6 Å². The Morgan fingerprint density at radius 2 is 1.77 bits per heavy atom. The monoisotopic (exact) mass is 368 g/mol. The number of esters is 1. The highest BCUT2D eigenvalue weighted by Crippen LogP contribution is 2.21. The molecule has 0 saturated heterocycles. The number of aromatic nitrogens is 1. The van der Waals surface area contributed by atoms with Crippen LogP contribution in [0.2, 0.25) is 5.15 Å². The summed E-state index contributed by atoms with van der Waals surface area (Å²) in [5.41, 5.74) is 1.64. The highest BCUT2D eigenvalue weighted by atomic mass is 35.5. The third-order valence-electron chi connectivity index (χ3n) is 3.92. The van der Waals surface area contributed by atoms with E-state index < -0.39 is 5.97 Å². The van der Waals surface area contributed by atoms with Crippen molar-refractivity contribution in [3.63, 3.8) is 0 Å². The Hall–Kier alpha value is -2.92. The van der Waals surface area contributed by atoms with Crippen molar-refractivity contribution in [3.8, 4) is 0 Å². The van der Waals surface area contributed by atoms with Crippen LogP contribution < -0.4 is 4.90 Å². The number of carbonyl (C=O) groups is 2. The Bertz CT molecular complexity index is 944. The number of hydrogen-bond acceptors (Lipinski definition) is 4. The first-order chi connectivity index (χ1) is 12.6. The zero-order valence-corrected chi connectivity index (χ0v) is 14.9. The molecule has 0 unspecified atom stereocenters. The molecule has 5 nitrogen and oxygen atoms in total. The van der Waals surface area contributed by atoms with Gasteiger partial charge in [-0.3, -0.25) is 4.79 Å². The van der Waals surface area contributed by atoms with Crippen molar-refractivity contribution in [1.82, 2.24) is 4.98 Å². The molecular weight excluding hydrogens is 352 g/mol. The summed E-state index contributed by atoms with van der Waals surface area (Å²) in [7, 11) is 0. The first-order valence-electron chi connectivity index (χ1n) is 8.18. The molecule has 1 aromatic heterocycles. The Kier molecular flexibility index (Phi) is 5.49. The Morgan fingerprint density at radius 3 is 2.50 bits per heavy atom. The largest absolute Gasteiger partial charge is 0.452 e. The van der Waals surface area contributed by atoms with Crippen LogP contribution in [0, 0.1) is 0 Å². The minimum atomic E-state index is -0.608. The third kappa shape index (κ3) is 3.83. The lowest BCUT2D eigenvalue weighted by molar-refractivity contribution is -0.121. The van der Waals surface area contributed by atoms with Gasteiger partial charge in [-0.1, -0.05) is 48.0 Å². The van der Waals surface area contributed by atoms with Crippen molar-refractivity contribution in [2.45, 2.75) is 6.92 Å². The molecular formula is C20H17ClN2O3. The highest BCUT2D eigenvalue weighted by Gasteiger charge is 2.18. The van der Waals surface area contributed by atoms with E-state index in [1.54, 1.807) is 23.1 Å². The number of rotatable bonds is 5. The van der Waals surface area contributed by atoms with E-state index in [4.69, 9.17) is 16.3 Å². The molecule has 1 amide bonds. The predicted molar refractivity (Wildman–Crippen MR) is 102 cm³/mol. The SMILES string of the molecule is CCN(C(=O)COC(=O)c1cc(Cl)nc2ccccc12)c1ccccc1. The van der Waals surface area contributed by atoms with E-state index in [0.717, 1.165) is 5.69 Å². The second kappa shape index (κ2) is 7.97. The van der Waals surface area contributed by atoms with Gasteiger partial charge in [-0.05, 0) is 31.2 Å². The van der Waals surface area contributed by atoms with Gasteiger partial charge in [-0.15, -0.1) is 0 Å². The number of halogens is 1. The number of carbonyl (C=O) groups excluding carboxylic acids is 2. The number of likely N-dealkylation sites (N-methyl/N-ethyl adjacent to an activating group) is 1. The first kappa shape index (κ1) is 17.9. The van der Waals surface area contributed by atoms with Crippen LogP contribution in [0.25, 0.3) is 10.9 Å². The molecule has 0 atom stereocenters. The van der Waals surface area contributed by atoms with Crippen LogP contribution in [0.5, 0.6) is 0 Å². The number of anilines is 1. The zero-order valence-electron chi connectivity index (χ0n) is 14.2. The molecule has 0 spiro atoms. The summed E-state index contributed by atoms with van der Waals surface area (Å²) in [6, 6.07) is 17.8. The summed E-state index contributed by atoms with van der Waals surface area (Å²) in [6.07, 6.45) is 0. The molecule has 26 heavy (non-hydrogen) atoms. The van der Waals surface area contributed by atoms with Gasteiger partial charge in [0.15, 0.2) is 6.61 Å². The van der Waals surface area contributed by atoms with Crippen LogP contribution in [0.4, 0.5) is 5.69 Å². The van der Waals surface area contributed by atoms with E-state index in [1.165, 1.54) is 6.07 Å². The molecule has 0 N–H and O–H groups in total. The molecule has 6 heteroatoms. The van der Waals surface area contributed by atoms with Gasteiger partial charge >= 0.3 is 5.97 Å². The van der Waals surface area contributed by atoms with Crippen molar-refractivity contribution in [2.75, 3.05) is 18.1 Å². The van der Waals surface area contributed by atoms with E-state index in [2.05, 4.69) is 4.98 Å². The van der Waals surface area contributed by atoms with E-state index in [-0.39, 0.29) is 23.2 Å². The Morgan fingerprint density at radius 1 is 1.08 bits per heavy atom. The molecule has 132 valence electrons. The fourth-order valence-corrected chi connectivity index (χ4v) is 2.91. The number of ether oxygens (including phenoxy) is 1. The molecule has 3 rings (SSSR count). The number of fused-ring (bicyclic) bond motifs is 1. The molecule has 2 aromatic carbocycles. The number of benzene rings is 2. The summed E-state index contributed by atoms with van der Waals surface area (Å²) >= 11 is 5.99. The molecule has 0 aliphatic heterocycles. The fourth-order valence-electron chi connectivity index (χ4n) is 2.71. The second-order valence-electron chi connectivity index (χ2n) is 5.56.